The number of benzene rings is 2. The van der Waals surface area contributed by atoms with Gasteiger partial charge in [-0.25, -0.2) is 0 Å². The first-order chi connectivity index (χ1) is 10.8. The Morgan fingerprint density at radius 2 is 1.68 bits per heavy atom. The average Bonchev–Trinajstić information content (AvgIpc) is 2.60. The van der Waals surface area contributed by atoms with E-state index < -0.39 is 0 Å². The van der Waals surface area contributed by atoms with Gasteiger partial charge >= 0.3 is 0 Å². The molecule has 1 N–H and O–H groups in total. The third-order valence-electron chi connectivity index (χ3n) is 4.88. The molecule has 0 saturated carbocycles. The number of rotatable bonds is 5. The molecule has 0 saturated heterocycles. The Bertz CT molecular complexity index is 604. The van der Waals surface area contributed by atoms with E-state index in [1.807, 2.05) is 0 Å². The van der Waals surface area contributed by atoms with Gasteiger partial charge in [0.25, 0.3) is 0 Å². The van der Waals surface area contributed by atoms with Crippen molar-refractivity contribution in [2.75, 3.05) is 0 Å². The standard InChI is InChI=1S/C20H25NO/c1-3-20(4-2)14-18(17-12-8-9-13-19(17)22-20)21-15-16-10-6-5-7-11-16/h5-13,18,21H,3-4,14-15H2,1-2H3. The summed E-state index contributed by atoms with van der Waals surface area (Å²) in [7, 11) is 0. The second-order valence-corrected chi connectivity index (χ2v) is 6.15. The number of nitrogens with one attached hydrogen (secondary N) is 1. The SMILES string of the molecule is CCC1(CC)CC(NCc2ccccc2)c2ccccc2O1. The van der Waals surface area contributed by atoms with E-state index in [0.29, 0.717) is 6.04 Å². The molecule has 1 unspecified atom stereocenters. The lowest BCUT2D eigenvalue weighted by Gasteiger charge is -2.42. The van der Waals surface area contributed by atoms with Crippen LogP contribution in [-0.4, -0.2) is 5.60 Å². The molecule has 0 radical (unpaired) electrons. The lowest BCUT2D eigenvalue weighted by Crippen LogP contribution is -2.43. The van der Waals surface area contributed by atoms with Gasteiger partial charge in [0.15, 0.2) is 0 Å². The van der Waals surface area contributed by atoms with Crippen LogP contribution >= 0.6 is 0 Å². The second-order valence-electron chi connectivity index (χ2n) is 6.15. The highest BCUT2D eigenvalue weighted by atomic mass is 16.5. The highest BCUT2D eigenvalue weighted by Crippen LogP contribution is 2.42. The maximum atomic E-state index is 6.36. The fourth-order valence-electron chi connectivity index (χ4n) is 3.32. The van der Waals surface area contributed by atoms with Crippen LogP contribution < -0.4 is 10.1 Å². The highest BCUT2D eigenvalue weighted by molar-refractivity contribution is 5.39. The Kier molecular flexibility index (Phi) is 4.49. The summed E-state index contributed by atoms with van der Waals surface area (Å²) in [6.07, 6.45) is 3.12. The Labute approximate surface area is 133 Å². The van der Waals surface area contributed by atoms with E-state index in [-0.39, 0.29) is 5.60 Å². The van der Waals surface area contributed by atoms with Gasteiger partial charge in [-0.1, -0.05) is 62.4 Å². The van der Waals surface area contributed by atoms with Crippen molar-refractivity contribution in [1.29, 1.82) is 0 Å². The summed E-state index contributed by atoms with van der Waals surface area (Å²) in [5.74, 6) is 1.04. The molecular weight excluding hydrogens is 270 g/mol. The van der Waals surface area contributed by atoms with E-state index in [1.165, 1.54) is 11.1 Å². The quantitative estimate of drug-likeness (QED) is 0.850. The average molecular weight is 295 g/mol. The third kappa shape index (κ3) is 3.02. The van der Waals surface area contributed by atoms with Crippen molar-refractivity contribution in [2.24, 2.45) is 0 Å². The van der Waals surface area contributed by atoms with Crippen LogP contribution in [0.4, 0.5) is 0 Å². The van der Waals surface area contributed by atoms with Gasteiger partial charge in [0.2, 0.25) is 0 Å². The van der Waals surface area contributed by atoms with Crippen LogP contribution in [-0.2, 0) is 6.54 Å². The number of para-hydroxylation sites is 1. The normalized spacial score (nSPS) is 19.3. The molecule has 2 heteroatoms. The van der Waals surface area contributed by atoms with E-state index in [0.717, 1.165) is 31.6 Å². The topological polar surface area (TPSA) is 21.3 Å². The molecule has 3 rings (SSSR count). The van der Waals surface area contributed by atoms with Crippen molar-refractivity contribution < 1.29 is 4.74 Å². The van der Waals surface area contributed by atoms with Crippen LogP contribution in [0.1, 0.15) is 50.3 Å². The molecule has 0 spiro atoms. The Balaban J connectivity index is 1.82. The summed E-state index contributed by atoms with van der Waals surface area (Å²) in [4.78, 5) is 0. The van der Waals surface area contributed by atoms with E-state index >= 15 is 0 Å². The van der Waals surface area contributed by atoms with Crippen molar-refractivity contribution in [1.82, 2.24) is 5.32 Å². The van der Waals surface area contributed by atoms with Gasteiger partial charge in [-0.05, 0) is 24.5 Å². The monoisotopic (exact) mass is 295 g/mol. The third-order valence-corrected chi connectivity index (χ3v) is 4.88. The molecule has 2 nitrogen and oxygen atoms in total. The van der Waals surface area contributed by atoms with Gasteiger partial charge in [-0.3, -0.25) is 0 Å². The van der Waals surface area contributed by atoms with Gasteiger partial charge in [0.1, 0.15) is 11.4 Å². The first kappa shape index (κ1) is 15.1. The van der Waals surface area contributed by atoms with Gasteiger partial charge in [0.05, 0.1) is 0 Å². The van der Waals surface area contributed by atoms with Crippen molar-refractivity contribution in [3.8, 4) is 5.75 Å². The summed E-state index contributed by atoms with van der Waals surface area (Å²) in [5, 5.41) is 3.74. The molecule has 1 aliphatic heterocycles. The molecule has 1 aliphatic rings. The second kappa shape index (κ2) is 6.53. The van der Waals surface area contributed by atoms with E-state index in [1.54, 1.807) is 0 Å². The van der Waals surface area contributed by atoms with Crippen LogP contribution in [0.3, 0.4) is 0 Å². The predicted octanol–water partition coefficient (Wildman–Crippen LogP) is 4.86. The Morgan fingerprint density at radius 3 is 2.41 bits per heavy atom. The maximum Gasteiger partial charge on any atom is 0.124 e. The Morgan fingerprint density at radius 1 is 1.00 bits per heavy atom. The minimum atomic E-state index is -0.0390. The number of hydrogen-bond donors (Lipinski definition) is 1. The zero-order valence-electron chi connectivity index (χ0n) is 13.5. The van der Waals surface area contributed by atoms with Crippen molar-refractivity contribution in [3.05, 3.63) is 65.7 Å². The molecule has 0 bridgehead atoms. The molecule has 0 aliphatic carbocycles. The fraction of sp³-hybridized carbons (Fsp3) is 0.400. The summed E-state index contributed by atoms with van der Waals surface area (Å²) in [5.41, 5.74) is 2.57. The largest absolute Gasteiger partial charge is 0.487 e. The minimum absolute atomic E-state index is 0.0390. The fourth-order valence-corrected chi connectivity index (χ4v) is 3.32. The van der Waals surface area contributed by atoms with E-state index in [9.17, 15) is 0 Å². The smallest absolute Gasteiger partial charge is 0.124 e. The van der Waals surface area contributed by atoms with Crippen LogP contribution in [0.2, 0.25) is 0 Å². The molecule has 2 aromatic carbocycles. The summed E-state index contributed by atoms with van der Waals surface area (Å²) in [6, 6.07) is 19.4. The van der Waals surface area contributed by atoms with Crippen LogP contribution in [0, 0.1) is 0 Å². The number of hydrogen-bond acceptors (Lipinski definition) is 2. The lowest BCUT2D eigenvalue weighted by atomic mass is 9.83. The van der Waals surface area contributed by atoms with Crippen molar-refractivity contribution in [3.63, 3.8) is 0 Å². The molecule has 0 amide bonds. The molecule has 116 valence electrons. The summed E-state index contributed by atoms with van der Waals surface area (Å²) < 4.78 is 6.36. The number of ether oxygens (including phenoxy) is 1. The minimum Gasteiger partial charge on any atom is -0.487 e. The first-order valence-corrected chi connectivity index (χ1v) is 8.31. The molecule has 0 aromatic heterocycles. The van der Waals surface area contributed by atoms with Crippen LogP contribution in [0.25, 0.3) is 0 Å². The molecule has 1 heterocycles. The van der Waals surface area contributed by atoms with Crippen molar-refractivity contribution >= 4 is 0 Å². The molecular formula is C20H25NO. The van der Waals surface area contributed by atoms with E-state index in [2.05, 4.69) is 73.8 Å². The summed E-state index contributed by atoms with van der Waals surface area (Å²) in [6.45, 7) is 5.35. The molecule has 0 fully saturated rings. The number of fused-ring (bicyclic) bond motifs is 1. The van der Waals surface area contributed by atoms with E-state index in [4.69, 9.17) is 4.74 Å². The molecule has 1 atom stereocenters. The first-order valence-electron chi connectivity index (χ1n) is 8.31. The maximum absolute atomic E-state index is 6.36. The molecule has 22 heavy (non-hydrogen) atoms. The van der Waals surface area contributed by atoms with Gasteiger partial charge < -0.3 is 10.1 Å². The predicted molar refractivity (Wildman–Crippen MR) is 91.0 cm³/mol. The van der Waals surface area contributed by atoms with Gasteiger partial charge in [0, 0.05) is 24.6 Å². The van der Waals surface area contributed by atoms with Crippen molar-refractivity contribution in [2.45, 2.75) is 51.3 Å². The van der Waals surface area contributed by atoms with Crippen LogP contribution in [0.15, 0.2) is 54.6 Å². The summed E-state index contributed by atoms with van der Waals surface area (Å²) >= 11 is 0. The molecule has 2 aromatic rings. The van der Waals surface area contributed by atoms with Crippen LogP contribution in [0.5, 0.6) is 5.75 Å². The van der Waals surface area contributed by atoms with Gasteiger partial charge in [-0.2, -0.15) is 0 Å². The van der Waals surface area contributed by atoms with Gasteiger partial charge in [-0.15, -0.1) is 0 Å². The highest BCUT2D eigenvalue weighted by Gasteiger charge is 2.37. The Hall–Kier alpha value is -1.80. The zero-order valence-corrected chi connectivity index (χ0v) is 13.5. The lowest BCUT2D eigenvalue weighted by molar-refractivity contribution is 0.0225. The zero-order chi connectivity index (χ0) is 15.4.